The van der Waals surface area contributed by atoms with E-state index in [1.165, 1.54) is 6.07 Å². The van der Waals surface area contributed by atoms with Crippen molar-refractivity contribution in [3.63, 3.8) is 0 Å². The summed E-state index contributed by atoms with van der Waals surface area (Å²) >= 11 is 0. The highest BCUT2D eigenvalue weighted by Crippen LogP contribution is 2.52. The smallest absolute Gasteiger partial charge is 0.201 e. The van der Waals surface area contributed by atoms with E-state index in [4.69, 9.17) is 5.73 Å². The quantitative estimate of drug-likeness (QED) is 0.891. The van der Waals surface area contributed by atoms with Crippen molar-refractivity contribution in [2.45, 2.75) is 26.8 Å². The summed E-state index contributed by atoms with van der Waals surface area (Å²) in [5.41, 5.74) is 7.10. The highest BCUT2D eigenvalue weighted by atomic mass is 19.2. The third-order valence-corrected chi connectivity index (χ3v) is 3.94. The Labute approximate surface area is 104 Å². The number of hydrogen-bond donors (Lipinski definition) is 1. The summed E-state index contributed by atoms with van der Waals surface area (Å²) in [6.45, 7) is 5.08. The number of benzene rings is 1. The van der Waals surface area contributed by atoms with Crippen molar-refractivity contribution in [2.75, 3.05) is 5.73 Å². The molecule has 0 amide bonds. The van der Waals surface area contributed by atoms with Gasteiger partial charge < -0.3 is 10.3 Å². The lowest BCUT2D eigenvalue weighted by Gasteiger charge is -2.08. The Hall–Kier alpha value is -1.65. The fraction of sp³-hybridized carbons (Fsp3) is 0.462. The highest BCUT2D eigenvalue weighted by molar-refractivity contribution is 5.78. The van der Waals surface area contributed by atoms with Crippen LogP contribution in [0.25, 0.3) is 11.0 Å². The van der Waals surface area contributed by atoms with E-state index in [1.807, 2.05) is 0 Å². The first-order valence-corrected chi connectivity index (χ1v) is 5.99. The second kappa shape index (κ2) is 3.43. The van der Waals surface area contributed by atoms with Crippen molar-refractivity contribution in [1.29, 1.82) is 0 Å². The minimum atomic E-state index is -0.890. The third kappa shape index (κ3) is 1.65. The predicted molar refractivity (Wildman–Crippen MR) is 65.9 cm³/mol. The Morgan fingerprint density at radius 1 is 1.39 bits per heavy atom. The van der Waals surface area contributed by atoms with E-state index >= 15 is 0 Å². The molecule has 1 aromatic carbocycles. The topological polar surface area (TPSA) is 43.8 Å². The first-order chi connectivity index (χ1) is 8.38. The van der Waals surface area contributed by atoms with Gasteiger partial charge in [-0.1, -0.05) is 13.8 Å². The van der Waals surface area contributed by atoms with Crippen molar-refractivity contribution in [3.8, 4) is 0 Å². The van der Waals surface area contributed by atoms with Crippen molar-refractivity contribution >= 4 is 17.0 Å². The van der Waals surface area contributed by atoms with Crippen LogP contribution in [-0.4, -0.2) is 9.55 Å². The Morgan fingerprint density at radius 3 is 2.61 bits per heavy atom. The van der Waals surface area contributed by atoms with Gasteiger partial charge in [0.05, 0.1) is 11.0 Å². The van der Waals surface area contributed by atoms with Crippen LogP contribution in [-0.2, 0) is 6.54 Å². The summed E-state index contributed by atoms with van der Waals surface area (Å²) in [6, 6.07) is 2.26. The number of rotatable bonds is 2. The molecule has 18 heavy (non-hydrogen) atoms. The molecule has 1 saturated carbocycles. The van der Waals surface area contributed by atoms with Crippen LogP contribution in [0.3, 0.4) is 0 Å². The monoisotopic (exact) mass is 251 g/mol. The molecule has 1 aromatic heterocycles. The van der Waals surface area contributed by atoms with E-state index in [2.05, 4.69) is 18.8 Å². The zero-order chi connectivity index (χ0) is 13.1. The van der Waals surface area contributed by atoms with Crippen LogP contribution in [0.5, 0.6) is 0 Å². The molecule has 1 aliphatic carbocycles. The van der Waals surface area contributed by atoms with Crippen LogP contribution in [0.2, 0.25) is 0 Å². The van der Waals surface area contributed by atoms with Crippen LogP contribution in [0.15, 0.2) is 12.1 Å². The molecule has 3 rings (SSSR count). The lowest BCUT2D eigenvalue weighted by molar-refractivity contribution is 0.502. The van der Waals surface area contributed by atoms with Gasteiger partial charge >= 0.3 is 0 Å². The molecule has 1 atom stereocenters. The minimum Gasteiger partial charge on any atom is -0.369 e. The number of imidazole rings is 1. The van der Waals surface area contributed by atoms with Crippen molar-refractivity contribution < 1.29 is 8.78 Å². The van der Waals surface area contributed by atoms with E-state index < -0.39 is 11.6 Å². The van der Waals surface area contributed by atoms with Crippen LogP contribution < -0.4 is 5.73 Å². The average Bonchev–Trinajstić information content (AvgIpc) is 2.76. The van der Waals surface area contributed by atoms with Crippen LogP contribution in [0.1, 0.15) is 20.3 Å². The van der Waals surface area contributed by atoms with Gasteiger partial charge in [0, 0.05) is 18.7 Å². The van der Waals surface area contributed by atoms with Gasteiger partial charge in [-0.2, -0.15) is 0 Å². The number of nitrogen functional groups attached to an aromatic ring is 1. The molecule has 1 aliphatic rings. The van der Waals surface area contributed by atoms with Crippen molar-refractivity contribution in [1.82, 2.24) is 9.55 Å². The van der Waals surface area contributed by atoms with Crippen LogP contribution >= 0.6 is 0 Å². The molecule has 1 heterocycles. The van der Waals surface area contributed by atoms with Crippen LogP contribution in [0.4, 0.5) is 14.7 Å². The molecule has 1 fully saturated rings. The SMILES string of the molecule is CC1(C)CC1Cn1c(N)nc2cc(F)c(F)cc21. The number of aromatic nitrogens is 2. The van der Waals surface area contributed by atoms with Gasteiger partial charge in [0.25, 0.3) is 0 Å². The minimum absolute atomic E-state index is 0.307. The van der Waals surface area contributed by atoms with E-state index in [-0.39, 0.29) is 0 Å². The molecule has 5 heteroatoms. The first-order valence-electron chi connectivity index (χ1n) is 5.99. The lowest BCUT2D eigenvalue weighted by atomic mass is 10.1. The normalized spacial score (nSPS) is 21.4. The number of fused-ring (bicyclic) bond motifs is 1. The maximum Gasteiger partial charge on any atom is 0.201 e. The second-order valence-corrected chi connectivity index (χ2v) is 5.73. The number of nitrogens with two attached hydrogens (primary N) is 1. The van der Waals surface area contributed by atoms with Gasteiger partial charge in [-0.3, -0.25) is 0 Å². The number of halogens is 2. The molecular formula is C13H15F2N3. The molecule has 1 unspecified atom stereocenters. The summed E-state index contributed by atoms with van der Waals surface area (Å²) < 4.78 is 28.2. The zero-order valence-corrected chi connectivity index (χ0v) is 10.4. The largest absolute Gasteiger partial charge is 0.369 e. The average molecular weight is 251 g/mol. The van der Waals surface area contributed by atoms with Gasteiger partial charge in [-0.15, -0.1) is 0 Å². The molecule has 96 valence electrons. The summed E-state index contributed by atoms with van der Waals surface area (Å²) in [5, 5.41) is 0. The van der Waals surface area contributed by atoms with Crippen LogP contribution in [0, 0.1) is 23.0 Å². The Kier molecular flexibility index (Phi) is 2.18. The van der Waals surface area contributed by atoms with Crippen molar-refractivity contribution in [2.24, 2.45) is 11.3 Å². The van der Waals surface area contributed by atoms with Gasteiger partial charge in [0.1, 0.15) is 0 Å². The third-order valence-electron chi connectivity index (χ3n) is 3.94. The fourth-order valence-electron chi connectivity index (χ4n) is 2.44. The van der Waals surface area contributed by atoms with Gasteiger partial charge in [0.15, 0.2) is 11.6 Å². The van der Waals surface area contributed by atoms with Gasteiger partial charge in [-0.25, -0.2) is 13.8 Å². The van der Waals surface area contributed by atoms with E-state index in [0.29, 0.717) is 34.9 Å². The molecule has 0 spiro atoms. The standard InChI is InChI=1S/C13H15F2N3/c1-13(2)5-7(13)6-18-11-4-9(15)8(14)3-10(11)17-12(18)16/h3-4,7H,5-6H2,1-2H3,(H2,16,17). The van der Waals surface area contributed by atoms with Gasteiger partial charge in [0.2, 0.25) is 5.95 Å². The highest BCUT2D eigenvalue weighted by Gasteiger charge is 2.45. The summed E-state index contributed by atoms with van der Waals surface area (Å²) in [4.78, 5) is 4.08. The predicted octanol–water partition coefficient (Wildman–Crippen LogP) is 2.94. The number of hydrogen-bond acceptors (Lipinski definition) is 2. The van der Waals surface area contributed by atoms with E-state index in [9.17, 15) is 8.78 Å². The molecule has 0 aliphatic heterocycles. The van der Waals surface area contributed by atoms with Gasteiger partial charge in [-0.05, 0) is 17.8 Å². The van der Waals surface area contributed by atoms with E-state index in [1.54, 1.807) is 4.57 Å². The summed E-state index contributed by atoms with van der Waals surface area (Å²) in [6.07, 6.45) is 1.12. The molecule has 0 saturated heterocycles. The summed E-state index contributed by atoms with van der Waals surface area (Å²) in [7, 11) is 0. The lowest BCUT2D eigenvalue weighted by Crippen LogP contribution is -2.07. The molecule has 2 N–H and O–H groups in total. The number of anilines is 1. The maximum atomic E-state index is 13.3. The molecule has 2 aromatic rings. The molecule has 0 radical (unpaired) electrons. The molecular weight excluding hydrogens is 236 g/mol. The Morgan fingerprint density at radius 2 is 2.00 bits per heavy atom. The van der Waals surface area contributed by atoms with Crippen molar-refractivity contribution in [3.05, 3.63) is 23.8 Å². The van der Waals surface area contributed by atoms with E-state index in [0.717, 1.165) is 12.5 Å². The Bertz CT molecular complexity index is 631. The first kappa shape index (κ1) is 11.4. The zero-order valence-electron chi connectivity index (χ0n) is 10.4. The maximum absolute atomic E-state index is 13.3. The number of nitrogens with zero attached hydrogens (tertiary/aromatic N) is 2. The summed E-state index contributed by atoms with van der Waals surface area (Å²) in [5.74, 6) is -0.916. The Balaban J connectivity index is 2.05. The second-order valence-electron chi connectivity index (χ2n) is 5.73. The molecule has 0 bridgehead atoms. The molecule has 3 nitrogen and oxygen atoms in total. The fourth-order valence-corrected chi connectivity index (χ4v) is 2.44.